The first-order chi connectivity index (χ1) is 40.0. The lowest BCUT2D eigenvalue weighted by molar-refractivity contribution is 0.472. The third-order valence-electron chi connectivity index (χ3n) is 9.65. The fraction of sp³-hybridized carbons (Fsp3) is 0. The molecule has 0 fully saturated rings. The van der Waals surface area contributed by atoms with E-state index in [2.05, 4.69) is 71.6 Å². The molecule has 8 aromatic rings. The van der Waals surface area contributed by atoms with Crippen LogP contribution in [0.1, 0.15) is 0 Å². The minimum absolute atomic E-state index is 0.00708. The third kappa shape index (κ3) is 20.2. The van der Waals surface area contributed by atoms with Crippen LogP contribution in [0.25, 0.3) is 10.8 Å². The molecule has 0 amide bonds. The highest BCUT2D eigenvalue weighted by Crippen LogP contribution is 2.46. The first kappa shape index (κ1) is 67.5. The van der Waals surface area contributed by atoms with Crippen molar-refractivity contribution in [3.8, 4) is 5.75 Å². The Morgan fingerprint density at radius 2 is 0.907 bits per heavy atom. The minimum atomic E-state index is -5.07. The normalized spacial score (nSPS) is 11.5. The van der Waals surface area contributed by atoms with Crippen molar-refractivity contribution in [3.63, 3.8) is 0 Å². The van der Waals surface area contributed by atoms with Crippen LogP contribution < -0.4 is 27.0 Å². The summed E-state index contributed by atoms with van der Waals surface area (Å²) >= 11 is 12.3. The number of nitrogens with one attached hydrogen (secondary N) is 4. The van der Waals surface area contributed by atoms with Crippen LogP contribution in [0.15, 0.2) is 149 Å². The molecule has 6 aromatic carbocycles. The van der Waals surface area contributed by atoms with Gasteiger partial charge in [-0.1, -0.05) is 30.3 Å². The Morgan fingerprint density at radius 3 is 1.42 bits per heavy atom. The van der Waals surface area contributed by atoms with Crippen LogP contribution in [0.2, 0.25) is 10.6 Å². The van der Waals surface area contributed by atoms with Crippen LogP contribution in [-0.4, -0.2) is 125 Å². The zero-order valence-corrected chi connectivity index (χ0v) is 48.5. The Morgan fingerprint density at radius 1 is 0.442 bits per heavy atom. The second-order valence-corrected chi connectivity index (χ2v) is 22.8. The molecule has 0 atom stereocenters. The number of phenolic OH excluding ortho intramolecular Hbond substituents is 1. The Hall–Kier alpha value is -9.32. The molecule has 46 heteroatoms. The summed E-state index contributed by atoms with van der Waals surface area (Å²) in [6, 6.07) is 22.9. The summed E-state index contributed by atoms with van der Waals surface area (Å²) in [7, 11) is -28.6. The van der Waals surface area contributed by atoms with Crippen molar-refractivity contribution >= 4 is 181 Å². The van der Waals surface area contributed by atoms with E-state index in [1.807, 2.05) is 0 Å². The van der Waals surface area contributed by atoms with Gasteiger partial charge < -0.3 is 32.1 Å². The van der Waals surface area contributed by atoms with Crippen LogP contribution in [0.4, 0.5) is 75.0 Å². The zero-order chi connectivity index (χ0) is 64.1. The van der Waals surface area contributed by atoms with Gasteiger partial charge >= 0.3 is 31.8 Å². The quantitative estimate of drug-likeness (QED) is 0.0320. The number of azo groups is 2. The average Bonchev–Trinajstić information content (AvgIpc) is 0.841. The van der Waals surface area contributed by atoms with Gasteiger partial charge in [0.25, 0.3) is 40.5 Å². The number of nitrogens with zero attached hydrogens (tertiary/aromatic N) is 10. The van der Waals surface area contributed by atoms with E-state index in [1.165, 1.54) is 78.9 Å². The van der Waals surface area contributed by atoms with Gasteiger partial charge in [0, 0.05) is 17.1 Å². The Labute approximate surface area is 495 Å². The molecular weight excluding hydrogens is 1340 g/mol. The van der Waals surface area contributed by atoms with Gasteiger partial charge in [-0.25, -0.2) is 0 Å². The molecule has 37 nitrogen and oxygen atoms in total. The van der Waals surface area contributed by atoms with Crippen LogP contribution in [-0.2, 0) is 72.3 Å². The van der Waals surface area contributed by atoms with Crippen molar-refractivity contribution in [1.82, 2.24) is 29.9 Å². The number of rotatable bonds is 16. The van der Waals surface area contributed by atoms with Crippen LogP contribution >= 0.6 is 23.2 Å². The zero-order valence-electron chi connectivity index (χ0n) is 41.2. The number of halogens is 2. The topological polar surface area (TPSA) is 592 Å². The van der Waals surface area contributed by atoms with Gasteiger partial charge in [-0.15, -0.1) is 53.2 Å². The van der Waals surface area contributed by atoms with E-state index in [4.69, 9.17) is 66.8 Å². The molecule has 0 radical (unpaired) electrons. The average molecular weight is 1370 g/mol. The van der Waals surface area contributed by atoms with Crippen molar-refractivity contribution in [3.05, 3.63) is 120 Å². The van der Waals surface area contributed by atoms with Gasteiger partial charge in [0.2, 0.25) is 34.4 Å². The molecule has 11 N–H and O–H groups in total. The maximum Gasteiger partial charge on any atom is 0.425 e. The second-order valence-electron chi connectivity index (χ2n) is 15.3. The smallest absolute Gasteiger partial charge is 0.425 e. The number of nitrogen functional groups attached to an aromatic ring is 1. The fourth-order valence-corrected chi connectivity index (χ4v) is 9.31. The first-order valence-corrected chi connectivity index (χ1v) is 31.0. The van der Waals surface area contributed by atoms with E-state index in [1.54, 1.807) is 0 Å². The minimum Gasteiger partial charge on any atom is -0.505 e. The standard InChI is InChI=1S/C40H29Cl2N15O13S4.3O3S/c41-35-48-37(52-39(49-35)46-22-12-14-29(73(65,66)67)27(18-22)47-40-51-36(42)50-38(53-40)45-21-6-4-8-24(17-21)71(59,60)61)44-20-5-3-7-23(16-20)54-57-33-30(74(68,69)70)15-19-11-13-26(32(43)31(19)34(33)58)56-55-25-9-1-2-10-28(25)72(62,63)64;3*1-4(2)3/h1-18,58H,43H2,(H,59,60,61)(H,62,63,64)(H,65,66,67)(H,68,69,70)(H2,44,46,48,49,52)(H2,45,47,50,51,53);;;. The maximum absolute atomic E-state index is 12.6. The summed E-state index contributed by atoms with van der Waals surface area (Å²) in [6.07, 6.45) is 0. The SMILES string of the molecule is Nc1c(N=Nc2ccccc2S(=O)(=O)O)ccc2cc(S(=O)(=O)O)c(N=Nc3cccc(Nc4nc(Cl)nc(Nc5ccc(S(=O)(=O)O)c(Nc6nc(Cl)nc(Nc7cccc(S(=O)(=O)O)c7)n6)c5)n4)c3)c(O)c12.O=S(=O)=O.O=S(=O)=O.O=S(=O)=O. The molecule has 0 aliphatic heterocycles. The molecule has 8 rings (SSSR count). The number of hydrogen-bond acceptors (Lipinski definition) is 33. The molecule has 86 heavy (non-hydrogen) atoms. The van der Waals surface area contributed by atoms with Crippen LogP contribution in [0, 0.1) is 0 Å². The van der Waals surface area contributed by atoms with Gasteiger partial charge in [0.05, 0.1) is 27.3 Å². The predicted molar refractivity (Wildman–Crippen MR) is 295 cm³/mol. The lowest BCUT2D eigenvalue weighted by atomic mass is 10.1. The number of fused-ring (bicyclic) bond motifs is 1. The summed E-state index contributed by atoms with van der Waals surface area (Å²) in [5, 5.41) is 37.3. The Balaban J connectivity index is 0.00000103. The predicted octanol–water partition coefficient (Wildman–Crippen LogP) is 5.58. The number of anilines is 9. The number of nitrogens with two attached hydrogens (primary N) is 1. The van der Waals surface area contributed by atoms with E-state index in [0.717, 1.165) is 30.3 Å². The molecule has 452 valence electrons. The second kappa shape index (κ2) is 28.5. The van der Waals surface area contributed by atoms with E-state index < -0.39 is 109 Å². The lowest BCUT2D eigenvalue weighted by Gasteiger charge is -2.13. The Bertz CT molecular complexity index is 4810. The molecule has 2 heterocycles. The molecule has 0 spiro atoms. The highest BCUT2D eigenvalue weighted by Gasteiger charge is 2.25. The van der Waals surface area contributed by atoms with Crippen molar-refractivity contribution in [2.75, 3.05) is 27.0 Å². The van der Waals surface area contributed by atoms with Gasteiger partial charge in [0.1, 0.15) is 31.7 Å². The van der Waals surface area contributed by atoms with Gasteiger partial charge in [0.15, 0.2) is 5.75 Å². The summed E-state index contributed by atoms with van der Waals surface area (Å²) < 4.78 is 212. The van der Waals surface area contributed by atoms with Gasteiger partial charge in [-0.2, -0.15) is 68.7 Å². The van der Waals surface area contributed by atoms with Crippen molar-refractivity contribution in [2.45, 2.75) is 19.6 Å². The molecule has 0 aliphatic carbocycles. The molecule has 0 bridgehead atoms. The summed E-state index contributed by atoms with van der Waals surface area (Å²) in [5.74, 6) is -1.82. The van der Waals surface area contributed by atoms with E-state index in [-0.39, 0.29) is 85.3 Å². The summed E-state index contributed by atoms with van der Waals surface area (Å²) in [6.45, 7) is 0. The van der Waals surface area contributed by atoms with E-state index in [9.17, 15) is 57.0 Å². The molecular formula is C40H29Cl2N15O22S7. The number of hydrogen-bond donors (Lipinski definition) is 10. The number of phenols is 1. The van der Waals surface area contributed by atoms with E-state index >= 15 is 0 Å². The van der Waals surface area contributed by atoms with E-state index in [0.29, 0.717) is 0 Å². The lowest BCUT2D eigenvalue weighted by Crippen LogP contribution is -2.09. The number of aromatic nitrogens is 6. The van der Waals surface area contributed by atoms with Gasteiger partial charge in [-0.05, 0) is 107 Å². The number of aromatic hydroxyl groups is 1. The van der Waals surface area contributed by atoms with Crippen molar-refractivity contribution in [1.29, 1.82) is 0 Å². The monoisotopic (exact) mass is 1360 g/mol. The van der Waals surface area contributed by atoms with Gasteiger partial charge in [-0.3, -0.25) is 18.2 Å². The van der Waals surface area contributed by atoms with Crippen molar-refractivity contribution < 1.29 is 94.9 Å². The summed E-state index contributed by atoms with van der Waals surface area (Å²) in [4.78, 5) is 21.8. The first-order valence-electron chi connectivity index (χ1n) is 21.4. The van der Waals surface area contributed by atoms with Crippen LogP contribution in [0.5, 0.6) is 5.75 Å². The highest BCUT2D eigenvalue weighted by molar-refractivity contribution is 7.86. The third-order valence-corrected chi connectivity index (χ3v) is 13.5. The molecule has 0 saturated carbocycles. The van der Waals surface area contributed by atoms with Crippen LogP contribution in [0.3, 0.4) is 0 Å². The molecule has 0 unspecified atom stereocenters. The largest absolute Gasteiger partial charge is 0.505 e. The highest BCUT2D eigenvalue weighted by atomic mass is 35.5. The number of benzene rings is 6. The van der Waals surface area contributed by atoms with Crippen molar-refractivity contribution in [2.24, 2.45) is 20.5 Å². The molecule has 0 saturated heterocycles. The fourth-order valence-electron chi connectivity index (χ4n) is 6.55. The molecule has 2 aromatic heterocycles. The maximum atomic E-state index is 12.6. The molecule has 0 aliphatic rings. The Kier molecular flexibility index (Phi) is 22.4. The summed E-state index contributed by atoms with van der Waals surface area (Å²) in [5.41, 5.74) is 5.14.